The van der Waals surface area contributed by atoms with Crippen LogP contribution in [0.5, 0.6) is 0 Å². The zero-order valence-corrected chi connectivity index (χ0v) is 15.9. The summed E-state index contributed by atoms with van der Waals surface area (Å²) in [6.07, 6.45) is 3.97. The summed E-state index contributed by atoms with van der Waals surface area (Å²) in [5.74, 6) is 0. The Kier molecular flexibility index (Phi) is 5.60. The number of nitrogens with one attached hydrogen (secondary N) is 1. The van der Waals surface area contributed by atoms with Crippen LogP contribution in [-0.4, -0.2) is 36.4 Å². The first-order chi connectivity index (χ1) is 13.4. The molecule has 3 aromatic rings. The third kappa shape index (κ3) is 4.47. The molecule has 142 valence electrons. The normalized spacial score (nSPS) is 12.0. The largest absolute Gasteiger partial charge is 0.313 e. The summed E-state index contributed by atoms with van der Waals surface area (Å²) in [4.78, 5) is 17.1. The van der Waals surface area contributed by atoms with Crippen LogP contribution >= 0.6 is 0 Å². The molecule has 0 aliphatic carbocycles. The Bertz CT molecular complexity index is 1180. The molecule has 0 unspecified atom stereocenters. The lowest BCUT2D eigenvalue weighted by Crippen LogP contribution is -2.21. The fourth-order valence-corrected chi connectivity index (χ4v) is 3.18. The van der Waals surface area contributed by atoms with Crippen LogP contribution < -0.4 is 5.43 Å². The number of sulfone groups is 1. The van der Waals surface area contributed by atoms with Crippen molar-refractivity contribution in [1.82, 2.24) is 9.78 Å². The Labute approximate surface area is 162 Å². The van der Waals surface area contributed by atoms with Crippen LogP contribution in [0, 0.1) is 5.41 Å². The van der Waals surface area contributed by atoms with Crippen molar-refractivity contribution in [3.63, 3.8) is 0 Å². The van der Waals surface area contributed by atoms with Crippen molar-refractivity contribution in [2.75, 3.05) is 6.26 Å². The Hall–Kier alpha value is -3.39. The molecule has 1 heterocycles. The first-order valence-electron chi connectivity index (χ1n) is 8.41. The van der Waals surface area contributed by atoms with Gasteiger partial charge >= 0.3 is 0 Å². The van der Waals surface area contributed by atoms with Gasteiger partial charge in [0.1, 0.15) is 0 Å². The lowest BCUT2D eigenvalue weighted by Gasteiger charge is -2.09. The van der Waals surface area contributed by atoms with E-state index in [1.54, 1.807) is 24.3 Å². The average Bonchev–Trinajstić information content (AvgIpc) is 2.68. The van der Waals surface area contributed by atoms with Crippen molar-refractivity contribution in [1.29, 1.82) is 5.41 Å². The van der Waals surface area contributed by atoms with Crippen LogP contribution in [0.3, 0.4) is 0 Å². The fraction of sp³-hybridized carbons (Fsp3) is 0.100. The number of benzene rings is 2. The molecule has 0 saturated carbocycles. The van der Waals surface area contributed by atoms with Gasteiger partial charge in [-0.1, -0.05) is 18.2 Å². The second-order valence-electron chi connectivity index (χ2n) is 6.04. The number of para-hydroxylation sites is 1. The molecule has 0 aliphatic heterocycles. The predicted octanol–water partition coefficient (Wildman–Crippen LogP) is 2.80. The summed E-state index contributed by atoms with van der Waals surface area (Å²) >= 11 is 0. The van der Waals surface area contributed by atoms with Crippen molar-refractivity contribution < 1.29 is 8.42 Å². The summed E-state index contributed by atoms with van der Waals surface area (Å²) in [7, 11) is -3.30. The van der Waals surface area contributed by atoms with Gasteiger partial charge < -0.3 is 5.41 Å². The molecular formula is C20H18N4O3S. The van der Waals surface area contributed by atoms with Crippen molar-refractivity contribution in [3.05, 3.63) is 82.8 Å². The van der Waals surface area contributed by atoms with E-state index in [0.717, 1.165) is 6.26 Å². The van der Waals surface area contributed by atoms with Gasteiger partial charge in [0.2, 0.25) is 5.43 Å². The summed E-state index contributed by atoms with van der Waals surface area (Å²) in [6.45, 7) is 0. The molecule has 8 heteroatoms. The van der Waals surface area contributed by atoms with Crippen molar-refractivity contribution >= 4 is 27.5 Å². The van der Waals surface area contributed by atoms with E-state index in [0.29, 0.717) is 17.1 Å². The lowest BCUT2D eigenvalue weighted by molar-refractivity contribution is 0.602. The molecule has 0 bridgehead atoms. The van der Waals surface area contributed by atoms with Gasteiger partial charge in [-0.15, -0.1) is 0 Å². The minimum absolute atomic E-state index is 0.141. The lowest BCUT2D eigenvalue weighted by atomic mass is 10.2. The van der Waals surface area contributed by atoms with E-state index in [-0.39, 0.29) is 22.4 Å². The highest BCUT2D eigenvalue weighted by molar-refractivity contribution is 7.90. The van der Waals surface area contributed by atoms with Gasteiger partial charge in [0, 0.05) is 31.2 Å². The van der Waals surface area contributed by atoms with E-state index in [2.05, 4.69) is 10.1 Å². The number of aliphatic imine (C=N–C) groups is 1. The number of rotatable bonds is 6. The minimum Gasteiger partial charge on any atom is -0.313 e. The van der Waals surface area contributed by atoms with E-state index < -0.39 is 9.84 Å². The average molecular weight is 394 g/mol. The molecule has 7 nitrogen and oxygen atoms in total. The van der Waals surface area contributed by atoms with Crippen LogP contribution in [0.1, 0.15) is 12.1 Å². The molecule has 0 fully saturated rings. The Morgan fingerprint density at radius 2 is 1.79 bits per heavy atom. The van der Waals surface area contributed by atoms with E-state index in [1.807, 2.05) is 18.2 Å². The number of hydrogen-bond donors (Lipinski definition) is 1. The quantitative estimate of drug-likeness (QED) is 0.649. The monoisotopic (exact) mass is 394 g/mol. The highest BCUT2D eigenvalue weighted by Crippen LogP contribution is 2.15. The maximum Gasteiger partial charge on any atom is 0.209 e. The molecule has 0 atom stereocenters. The van der Waals surface area contributed by atoms with Crippen LogP contribution in [0.15, 0.2) is 81.5 Å². The SMILES string of the molecule is CS(=O)(=O)c1ccc(-n2ccc(=O)c(C(CC=N)=Nc3ccccc3)n2)cc1. The third-order valence-corrected chi connectivity index (χ3v) is 5.06. The molecule has 2 aromatic carbocycles. The van der Waals surface area contributed by atoms with Gasteiger partial charge in [-0.25, -0.2) is 13.1 Å². The van der Waals surface area contributed by atoms with Crippen molar-refractivity contribution in [2.24, 2.45) is 4.99 Å². The van der Waals surface area contributed by atoms with Crippen LogP contribution in [0.25, 0.3) is 5.69 Å². The standard InChI is InChI=1S/C20H18N4O3S/c1-28(26,27)17-9-7-16(8-10-17)24-14-12-19(25)20(23-24)18(11-13-21)22-15-5-3-2-4-6-15/h2-10,12-14,21H,11H2,1H3. The van der Waals surface area contributed by atoms with E-state index in [1.165, 1.54) is 35.3 Å². The van der Waals surface area contributed by atoms with Gasteiger partial charge in [-0.2, -0.15) is 5.10 Å². The first kappa shape index (κ1) is 19.4. The first-order valence-corrected chi connectivity index (χ1v) is 10.3. The zero-order chi connectivity index (χ0) is 20.1. The molecule has 0 radical (unpaired) electrons. The van der Waals surface area contributed by atoms with Crippen molar-refractivity contribution in [2.45, 2.75) is 11.3 Å². The fourth-order valence-electron chi connectivity index (χ4n) is 2.55. The predicted molar refractivity (Wildman–Crippen MR) is 109 cm³/mol. The topological polar surface area (TPSA) is 105 Å². The molecular weight excluding hydrogens is 376 g/mol. The molecule has 0 spiro atoms. The number of hydrogen-bond acceptors (Lipinski definition) is 6. The summed E-state index contributed by atoms with van der Waals surface area (Å²) < 4.78 is 24.7. The van der Waals surface area contributed by atoms with Gasteiger partial charge in [0.05, 0.1) is 22.0 Å². The summed E-state index contributed by atoms with van der Waals surface area (Å²) in [5.41, 5.74) is 1.48. The number of nitrogens with zero attached hydrogens (tertiary/aromatic N) is 3. The van der Waals surface area contributed by atoms with Gasteiger partial charge in [-0.05, 0) is 36.4 Å². The van der Waals surface area contributed by atoms with Gasteiger partial charge in [0.15, 0.2) is 15.5 Å². The van der Waals surface area contributed by atoms with E-state index in [4.69, 9.17) is 5.41 Å². The smallest absolute Gasteiger partial charge is 0.209 e. The maximum absolute atomic E-state index is 12.4. The van der Waals surface area contributed by atoms with Gasteiger partial charge in [0.25, 0.3) is 0 Å². The summed E-state index contributed by atoms with van der Waals surface area (Å²) in [6, 6.07) is 16.7. The minimum atomic E-state index is -3.30. The molecule has 1 N–H and O–H groups in total. The highest BCUT2D eigenvalue weighted by atomic mass is 32.2. The molecule has 28 heavy (non-hydrogen) atoms. The van der Waals surface area contributed by atoms with Crippen LogP contribution in [0.4, 0.5) is 5.69 Å². The number of aromatic nitrogens is 2. The third-order valence-electron chi connectivity index (χ3n) is 3.93. The van der Waals surface area contributed by atoms with Crippen molar-refractivity contribution in [3.8, 4) is 5.69 Å². The maximum atomic E-state index is 12.4. The second-order valence-corrected chi connectivity index (χ2v) is 8.06. The second kappa shape index (κ2) is 8.10. The van der Waals surface area contributed by atoms with Gasteiger partial charge in [-0.3, -0.25) is 9.79 Å². The molecule has 1 aromatic heterocycles. The van der Waals surface area contributed by atoms with E-state index >= 15 is 0 Å². The molecule has 3 rings (SSSR count). The van der Waals surface area contributed by atoms with E-state index in [9.17, 15) is 13.2 Å². The molecule has 0 aliphatic rings. The zero-order valence-electron chi connectivity index (χ0n) is 15.1. The Balaban J connectivity index is 2.06. The van der Waals surface area contributed by atoms with Crippen LogP contribution in [0.2, 0.25) is 0 Å². The molecule has 0 amide bonds. The summed E-state index contributed by atoms with van der Waals surface area (Å²) in [5, 5.41) is 11.8. The Morgan fingerprint density at radius 1 is 1.11 bits per heavy atom. The Morgan fingerprint density at radius 3 is 2.39 bits per heavy atom. The van der Waals surface area contributed by atoms with Crippen LogP contribution in [-0.2, 0) is 9.84 Å². The highest BCUT2D eigenvalue weighted by Gasteiger charge is 2.12. The molecule has 0 saturated heterocycles.